The zero-order chi connectivity index (χ0) is 9.84. The first-order valence-electron chi connectivity index (χ1n) is 5.14. The van der Waals surface area contributed by atoms with Gasteiger partial charge in [0.05, 0.1) is 6.04 Å². The van der Waals surface area contributed by atoms with Crippen molar-refractivity contribution in [3.63, 3.8) is 0 Å². The molecule has 0 radical (unpaired) electrons. The summed E-state index contributed by atoms with van der Waals surface area (Å²) in [6.07, 6.45) is 3.86. The Labute approximate surface area is 80.1 Å². The lowest BCUT2D eigenvalue weighted by molar-refractivity contribution is -0.122. The first-order chi connectivity index (χ1) is 6.11. The van der Waals surface area contributed by atoms with Gasteiger partial charge in [0.1, 0.15) is 0 Å². The lowest BCUT2D eigenvalue weighted by Gasteiger charge is -2.16. The molecule has 1 aliphatic rings. The summed E-state index contributed by atoms with van der Waals surface area (Å²) < 4.78 is 0. The van der Waals surface area contributed by atoms with Crippen molar-refractivity contribution >= 4 is 5.91 Å². The van der Waals surface area contributed by atoms with E-state index in [1.807, 2.05) is 0 Å². The minimum Gasteiger partial charge on any atom is -0.354 e. The zero-order valence-corrected chi connectivity index (χ0v) is 8.55. The molecule has 3 N–H and O–H groups in total. The fraction of sp³-hybridized carbons (Fsp3) is 0.900. The van der Waals surface area contributed by atoms with Crippen LogP contribution in [-0.4, -0.2) is 18.5 Å². The number of amides is 1. The molecule has 13 heavy (non-hydrogen) atoms. The van der Waals surface area contributed by atoms with Gasteiger partial charge < -0.3 is 11.1 Å². The number of hydrogen-bond donors (Lipinski definition) is 2. The fourth-order valence-corrected chi connectivity index (χ4v) is 1.92. The van der Waals surface area contributed by atoms with Crippen molar-refractivity contribution in [1.29, 1.82) is 0 Å². The van der Waals surface area contributed by atoms with Gasteiger partial charge in [0, 0.05) is 6.54 Å². The lowest BCUT2D eigenvalue weighted by Crippen LogP contribution is -2.40. The topological polar surface area (TPSA) is 55.1 Å². The van der Waals surface area contributed by atoms with E-state index >= 15 is 0 Å². The van der Waals surface area contributed by atoms with Gasteiger partial charge >= 0.3 is 0 Å². The van der Waals surface area contributed by atoms with Crippen molar-refractivity contribution in [2.75, 3.05) is 6.54 Å². The van der Waals surface area contributed by atoms with Crippen molar-refractivity contribution in [2.45, 2.75) is 39.2 Å². The summed E-state index contributed by atoms with van der Waals surface area (Å²) in [6.45, 7) is 4.78. The minimum atomic E-state index is -0.378. The fourth-order valence-electron chi connectivity index (χ4n) is 1.92. The van der Waals surface area contributed by atoms with Crippen LogP contribution in [-0.2, 0) is 4.79 Å². The molecule has 1 rings (SSSR count). The van der Waals surface area contributed by atoms with Crippen molar-refractivity contribution in [3.05, 3.63) is 0 Å². The predicted molar refractivity (Wildman–Crippen MR) is 53.2 cm³/mol. The number of carbonyl (C=O) groups excluding carboxylic acids is 1. The Morgan fingerprint density at radius 1 is 1.62 bits per heavy atom. The van der Waals surface area contributed by atoms with Crippen molar-refractivity contribution in [2.24, 2.45) is 17.6 Å². The first-order valence-corrected chi connectivity index (χ1v) is 5.14. The third kappa shape index (κ3) is 2.99. The molecule has 3 atom stereocenters. The van der Waals surface area contributed by atoms with Crippen LogP contribution in [0.15, 0.2) is 0 Å². The Hall–Kier alpha value is -0.570. The number of carbonyl (C=O) groups is 1. The van der Waals surface area contributed by atoms with E-state index in [0.717, 1.165) is 12.5 Å². The van der Waals surface area contributed by atoms with E-state index in [1.54, 1.807) is 6.92 Å². The summed E-state index contributed by atoms with van der Waals surface area (Å²) >= 11 is 0. The second kappa shape index (κ2) is 4.61. The molecule has 0 spiro atoms. The van der Waals surface area contributed by atoms with E-state index in [1.165, 1.54) is 19.3 Å². The third-order valence-corrected chi connectivity index (χ3v) is 2.99. The van der Waals surface area contributed by atoms with Crippen LogP contribution in [0.2, 0.25) is 0 Å². The molecule has 1 saturated carbocycles. The second-order valence-electron chi connectivity index (χ2n) is 4.20. The Morgan fingerprint density at radius 3 is 2.77 bits per heavy atom. The Kier molecular flexibility index (Phi) is 3.72. The van der Waals surface area contributed by atoms with E-state index in [2.05, 4.69) is 12.2 Å². The van der Waals surface area contributed by atoms with Crippen LogP contribution >= 0.6 is 0 Å². The van der Waals surface area contributed by atoms with Gasteiger partial charge in [-0.25, -0.2) is 0 Å². The quantitative estimate of drug-likeness (QED) is 0.684. The number of nitrogens with two attached hydrogens (primary N) is 1. The summed E-state index contributed by atoms with van der Waals surface area (Å²) in [5, 5.41) is 2.89. The Morgan fingerprint density at radius 2 is 2.31 bits per heavy atom. The van der Waals surface area contributed by atoms with Gasteiger partial charge in [0.15, 0.2) is 0 Å². The van der Waals surface area contributed by atoms with Gasteiger partial charge in [-0.1, -0.05) is 19.8 Å². The summed E-state index contributed by atoms with van der Waals surface area (Å²) in [7, 11) is 0. The van der Waals surface area contributed by atoms with Gasteiger partial charge in [-0.05, 0) is 25.2 Å². The van der Waals surface area contributed by atoms with Gasteiger partial charge in [-0.2, -0.15) is 0 Å². The molecule has 3 heteroatoms. The maximum Gasteiger partial charge on any atom is 0.236 e. The van der Waals surface area contributed by atoms with Crippen LogP contribution < -0.4 is 11.1 Å². The van der Waals surface area contributed by atoms with E-state index < -0.39 is 0 Å². The highest BCUT2D eigenvalue weighted by atomic mass is 16.2. The number of rotatable bonds is 3. The maximum absolute atomic E-state index is 11.2. The molecule has 1 fully saturated rings. The van der Waals surface area contributed by atoms with E-state index in [0.29, 0.717) is 5.92 Å². The lowest BCUT2D eigenvalue weighted by atomic mass is 9.98. The standard InChI is InChI=1S/C10H20N2O/c1-7-4-3-5-9(7)6-12-10(13)8(2)11/h7-9H,3-6,11H2,1-2H3,(H,12,13). The average Bonchev–Trinajstić information content (AvgIpc) is 2.47. The normalized spacial score (nSPS) is 30.1. The van der Waals surface area contributed by atoms with E-state index in [4.69, 9.17) is 5.73 Å². The molecule has 1 amide bonds. The molecule has 0 saturated heterocycles. The molecule has 3 nitrogen and oxygen atoms in total. The van der Waals surface area contributed by atoms with Crippen LogP contribution in [0, 0.1) is 11.8 Å². The number of nitrogens with one attached hydrogen (secondary N) is 1. The van der Waals surface area contributed by atoms with Crippen LogP contribution in [0.25, 0.3) is 0 Å². The summed E-state index contributed by atoms with van der Waals surface area (Å²) in [6, 6.07) is -0.378. The van der Waals surface area contributed by atoms with Gasteiger partial charge in [0.25, 0.3) is 0 Å². The highest BCUT2D eigenvalue weighted by molar-refractivity contribution is 5.80. The third-order valence-electron chi connectivity index (χ3n) is 2.99. The van der Waals surface area contributed by atoms with Crippen molar-refractivity contribution < 1.29 is 4.79 Å². The molecule has 0 bridgehead atoms. The molecule has 0 aliphatic heterocycles. The van der Waals surface area contributed by atoms with Gasteiger partial charge in [0.2, 0.25) is 5.91 Å². The first kappa shape index (κ1) is 10.5. The van der Waals surface area contributed by atoms with Crippen LogP contribution in [0.3, 0.4) is 0 Å². The monoisotopic (exact) mass is 184 g/mol. The van der Waals surface area contributed by atoms with Crippen LogP contribution in [0.5, 0.6) is 0 Å². The highest BCUT2D eigenvalue weighted by Gasteiger charge is 2.23. The molecular formula is C10H20N2O. The summed E-state index contributed by atoms with van der Waals surface area (Å²) in [5.41, 5.74) is 5.44. The Bertz CT molecular complexity index is 180. The highest BCUT2D eigenvalue weighted by Crippen LogP contribution is 2.30. The van der Waals surface area contributed by atoms with E-state index in [9.17, 15) is 4.79 Å². The van der Waals surface area contributed by atoms with E-state index in [-0.39, 0.29) is 11.9 Å². The van der Waals surface area contributed by atoms with Gasteiger partial charge in [-0.15, -0.1) is 0 Å². The smallest absolute Gasteiger partial charge is 0.236 e. The van der Waals surface area contributed by atoms with Crippen LogP contribution in [0.1, 0.15) is 33.1 Å². The molecule has 0 heterocycles. The molecule has 1 aliphatic carbocycles. The zero-order valence-electron chi connectivity index (χ0n) is 8.55. The predicted octanol–water partition coefficient (Wildman–Crippen LogP) is 0.886. The SMILES string of the molecule is CC(N)C(=O)NCC1CCCC1C. The largest absolute Gasteiger partial charge is 0.354 e. The Balaban J connectivity index is 2.22. The van der Waals surface area contributed by atoms with Crippen molar-refractivity contribution in [1.82, 2.24) is 5.32 Å². The molecule has 3 unspecified atom stereocenters. The minimum absolute atomic E-state index is 0.0286. The number of hydrogen-bond acceptors (Lipinski definition) is 2. The van der Waals surface area contributed by atoms with Crippen molar-refractivity contribution in [3.8, 4) is 0 Å². The molecule has 76 valence electrons. The summed E-state index contributed by atoms with van der Waals surface area (Å²) in [5.74, 6) is 1.40. The molecule has 0 aromatic heterocycles. The second-order valence-corrected chi connectivity index (χ2v) is 4.20. The summed E-state index contributed by atoms with van der Waals surface area (Å²) in [4.78, 5) is 11.2. The molecular weight excluding hydrogens is 164 g/mol. The maximum atomic E-state index is 11.2. The van der Waals surface area contributed by atoms with Gasteiger partial charge in [-0.3, -0.25) is 4.79 Å². The molecule has 0 aromatic carbocycles. The average molecular weight is 184 g/mol. The molecule has 0 aromatic rings. The van der Waals surface area contributed by atoms with Crippen LogP contribution in [0.4, 0.5) is 0 Å².